The van der Waals surface area contributed by atoms with Gasteiger partial charge in [0.25, 0.3) is 0 Å². The fourth-order valence-electron chi connectivity index (χ4n) is 4.07. The Hall–Kier alpha value is -1.26. The fraction of sp³-hybridized carbons (Fsp3) is 0.913. The number of carbonyl (C=O) groups excluding carboxylic acids is 2. The van der Waals surface area contributed by atoms with Gasteiger partial charge >= 0.3 is 12.1 Å². The van der Waals surface area contributed by atoms with Crippen LogP contribution in [0.4, 0.5) is 4.79 Å². The van der Waals surface area contributed by atoms with Gasteiger partial charge in [0.15, 0.2) is 0 Å². The van der Waals surface area contributed by atoms with Crippen LogP contribution in [0.2, 0.25) is 0 Å². The summed E-state index contributed by atoms with van der Waals surface area (Å²) >= 11 is 0. The summed E-state index contributed by atoms with van der Waals surface area (Å²) in [5, 5.41) is 0. The van der Waals surface area contributed by atoms with E-state index in [4.69, 9.17) is 9.47 Å². The third-order valence-electron chi connectivity index (χ3n) is 5.93. The molecule has 1 aliphatic carbocycles. The molecule has 0 bridgehead atoms. The molecule has 0 aromatic rings. The van der Waals surface area contributed by atoms with Crippen LogP contribution in [-0.4, -0.2) is 42.8 Å². The quantitative estimate of drug-likeness (QED) is 0.352. The van der Waals surface area contributed by atoms with Gasteiger partial charge in [-0.15, -0.1) is 0 Å². The molecule has 5 heteroatoms. The van der Waals surface area contributed by atoms with Crippen molar-refractivity contribution in [1.29, 1.82) is 0 Å². The van der Waals surface area contributed by atoms with Crippen molar-refractivity contribution in [3.05, 3.63) is 0 Å². The van der Waals surface area contributed by atoms with Crippen molar-refractivity contribution >= 4 is 12.1 Å². The average Bonchev–Trinajstić information content (AvgIpc) is 2.62. The third-order valence-corrected chi connectivity index (χ3v) is 5.93. The van der Waals surface area contributed by atoms with Gasteiger partial charge in [-0.3, -0.25) is 4.90 Å². The normalized spacial score (nSPS) is 23.5. The van der Waals surface area contributed by atoms with Crippen molar-refractivity contribution in [3.8, 4) is 0 Å². The molecule has 0 saturated heterocycles. The minimum Gasteiger partial charge on any atom is -0.464 e. The molecule has 164 valence electrons. The maximum Gasteiger partial charge on any atom is 0.410 e. The van der Waals surface area contributed by atoms with Gasteiger partial charge in [0, 0.05) is 7.05 Å². The molecule has 0 heterocycles. The minimum atomic E-state index is -0.590. The van der Waals surface area contributed by atoms with Crippen LogP contribution in [0.1, 0.15) is 86.5 Å². The first-order valence-corrected chi connectivity index (χ1v) is 11.3. The second kappa shape index (κ2) is 12.3. The molecule has 0 aromatic carbocycles. The SMILES string of the molecule is CCCCCOC(=O)C(CC(C)C)N(C)C(=O)OC1CC(C)CCC1C(C)C. The summed E-state index contributed by atoms with van der Waals surface area (Å²) < 4.78 is 11.4. The van der Waals surface area contributed by atoms with Gasteiger partial charge in [-0.25, -0.2) is 9.59 Å². The summed E-state index contributed by atoms with van der Waals surface area (Å²) in [4.78, 5) is 27.0. The zero-order valence-electron chi connectivity index (χ0n) is 19.2. The molecule has 1 amide bonds. The van der Waals surface area contributed by atoms with Crippen molar-refractivity contribution in [2.45, 2.75) is 98.6 Å². The van der Waals surface area contributed by atoms with Gasteiger partial charge in [0.05, 0.1) is 6.61 Å². The van der Waals surface area contributed by atoms with E-state index in [-0.39, 0.29) is 18.0 Å². The van der Waals surface area contributed by atoms with E-state index >= 15 is 0 Å². The molecule has 0 spiro atoms. The van der Waals surface area contributed by atoms with Crippen LogP contribution in [0, 0.1) is 23.7 Å². The van der Waals surface area contributed by atoms with E-state index < -0.39 is 12.1 Å². The lowest BCUT2D eigenvalue weighted by Crippen LogP contribution is -2.47. The van der Waals surface area contributed by atoms with E-state index in [9.17, 15) is 9.59 Å². The number of hydrogen-bond donors (Lipinski definition) is 0. The first-order valence-electron chi connectivity index (χ1n) is 11.3. The summed E-state index contributed by atoms with van der Waals surface area (Å²) in [6.07, 6.45) is 6.26. The molecule has 5 nitrogen and oxygen atoms in total. The number of esters is 1. The predicted molar refractivity (Wildman–Crippen MR) is 113 cm³/mol. The zero-order valence-corrected chi connectivity index (χ0v) is 19.2. The molecule has 0 aromatic heterocycles. The highest BCUT2D eigenvalue weighted by atomic mass is 16.6. The Morgan fingerprint density at radius 1 is 1.11 bits per heavy atom. The molecular weight excluding hydrogens is 354 g/mol. The second-order valence-corrected chi connectivity index (χ2v) is 9.38. The Morgan fingerprint density at radius 2 is 1.79 bits per heavy atom. The van der Waals surface area contributed by atoms with Crippen LogP contribution >= 0.6 is 0 Å². The topological polar surface area (TPSA) is 55.8 Å². The molecule has 0 radical (unpaired) electrons. The van der Waals surface area contributed by atoms with Gasteiger partial charge in [-0.2, -0.15) is 0 Å². The number of ether oxygens (including phenoxy) is 2. The van der Waals surface area contributed by atoms with Crippen LogP contribution in [0.25, 0.3) is 0 Å². The summed E-state index contributed by atoms with van der Waals surface area (Å²) in [5.41, 5.74) is 0. The monoisotopic (exact) mass is 397 g/mol. The standard InChI is InChI=1S/C23H43NO4/c1-8-9-10-13-27-22(25)20(14-16(2)3)24(7)23(26)28-21-15-18(6)11-12-19(21)17(4)5/h16-21H,8-15H2,1-7H3. The maximum atomic E-state index is 12.9. The molecule has 1 saturated carbocycles. The Bertz CT molecular complexity index is 477. The number of rotatable bonds is 10. The molecule has 4 unspecified atom stereocenters. The van der Waals surface area contributed by atoms with Gasteiger partial charge < -0.3 is 9.47 Å². The summed E-state index contributed by atoms with van der Waals surface area (Å²) in [6.45, 7) is 13.2. The van der Waals surface area contributed by atoms with E-state index in [1.165, 1.54) is 11.3 Å². The summed E-state index contributed by atoms with van der Waals surface area (Å²) in [7, 11) is 1.67. The molecule has 1 fully saturated rings. The van der Waals surface area contributed by atoms with E-state index in [0.717, 1.165) is 32.1 Å². The molecule has 1 aliphatic rings. The molecule has 28 heavy (non-hydrogen) atoms. The van der Waals surface area contributed by atoms with Crippen LogP contribution in [0.15, 0.2) is 0 Å². The highest BCUT2D eigenvalue weighted by molar-refractivity contribution is 5.81. The largest absolute Gasteiger partial charge is 0.464 e. The Morgan fingerprint density at radius 3 is 2.36 bits per heavy atom. The molecule has 0 aliphatic heterocycles. The highest BCUT2D eigenvalue weighted by Gasteiger charge is 2.36. The van der Waals surface area contributed by atoms with Crippen molar-refractivity contribution in [1.82, 2.24) is 4.90 Å². The Kier molecular flexibility index (Phi) is 10.9. The minimum absolute atomic E-state index is 0.0704. The first-order chi connectivity index (χ1) is 13.2. The van der Waals surface area contributed by atoms with Gasteiger partial charge in [-0.1, -0.05) is 60.8 Å². The van der Waals surface area contributed by atoms with E-state index in [1.807, 2.05) is 13.8 Å². The third kappa shape index (κ3) is 8.00. The van der Waals surface area contributed by atoms with Crippen LogP contribution in [0.5, 0.6) is 0 Å². The molecule has 0 N–H and O–H groups in total. The number of likely N-dealkylation sites (N-methyl/N-ethyl adjacent to an activating group) is 1. The first kappa shape index (κ1) is 24.8. The van der Waals surface area contributed by atoms with Crippen molar-refractivity contribution < 1.29 is 19.1 Å². The van der Waals surface area contributed by atoms with Gasteiger partial charge in [0.1, 0.15) is 12.1 Å². The summed E-state index contributed by atoms with van der Waals surface area (Å²) in [6, 6.07) is -0.590. The lowest BCUT2D eigenvalue weighted by Gasteiger charge is -2.38. The van der Waals surface area contributed by atoms with Gasteiger partial charge in [0.2, 0.25) is 0 Å². The molecule has 1 rings (SSSR count). The zero-order chi connectivity index (χ0) is 21.3. The predicted octanol–water partition coefficient (Wildman–Crippen LogP) is 5.66. The van der Waals surface area contributed by atoms with Crippen molar-refractivity contribution in [2.75, 3.05) is 13.7 Å². The van der Waals surface area contributed by atoms with Crippen LogP contribution in [-0.2, 0) is 14.3 Å². The fourth-order valence-corrected chi connectivity index (χ4v) is 4.07. The van der Waals surface area contributed by atoms with E-state index in [2.05, 4.69) is 27.7 Å². The second-order valence-electron chi connectivity index (χ2n) is 9.38. The lowest BCUT2D eigenvalue weighted by atomic mass is 9.75. The number of nitrogens with zero attached hydrogens (tertiary/aromatic N) is 1. The molecule has 4 atom stereocenters. The molecular formula is C23H43NO4. The Labute approximate surface area is 172 Å². The number of hydrogen-bond acceptors (Lipinski definition) is 4. The van der Waals surface area contributed by atoms with Gasteiger partial charge in [-0.05, 0) is 49.4 Å². The number of unbranched alkanes of at least 4 members (excludes halogenated alkanes) is 2. The lowest BCUT2D eigenvalue weighted by molar-refractivity contribution is -0.150. The van der Waals surface area contributed by atoms with Crippen LogP contribution < -0.4 is 0 Å². The smallest absolute Gasteiger partial charge is 0.410 e. The summed E-state index contributed by atoms with van der Waals surface area (Å²) in [5.74, 6) is 1.39. The van der Waals surface area contributed by atoms with Crippen molar-refractivity contribution in [2.24, 2.45) is 23.7 Å². The Balaban J connectivity index is 2.75. The van der Waals surface area contributed by atoms with Crippen molar-refractivity contribution in [3.63, 3.8) is 0 Å². The van der Waals surface area contributed by atoms with Crippen LogP contribution in [0.3, 0.4) is 0 Å². The maximum absolute atomic E-state index is 12.9. The highest BCUT2D eigenvalue weighted by Crippen LogP contribution is 2.35. The number of carbonyl (C=O) groups is 2. The van der Waals surface area contributed by atoms with E-state index in [0.29, 0.717) is 30.8 Å². The average molecular weight is 398 g/mol. The van der Waals surface area contributed by atoms with E-state index in [1.54, 1.807) is 7.05 Å². The number of amides is 1.